The fourth-order valence-electron chi connectivity index (χ4n) is 5.88. The molecule has 4 aromatic rings. The summed E-state index contributed by atoms with van der Waals surface area (Å²) < 4.78 is 6.22. The molecule has 0 fully saturated rings. The largest absolute Gasteiger partial charge is 0.479 e. The van der Waals surface area contributed by atoms with Crippen LogP contribution in [0.15, 0.2) is 66.7 Å². The second kappa shape index (κ2) is 10.0. The number of aliphatic carboxylic acids is 1. The van der Waals surface area contributed by atoms with Gasteiger partial charge in [0.25, 0.3) is 0 Å². The Labute approximate surface area is 225 Å². The van der Waals surface area contributed by atoms with Gasteiger partial charge < -0.3 is 9.84 Å². The molecule has 4 aromatic carbocycles. The van der Waals surface area contributed by atoms with Crippen molar-refractivity contribution in [2.45, 2.75) is 72.9 Å². The van der Waals surface area contributed by atoms with Crippen molar-refractivity contribution in [3.05, 3.63) is 106 Å². The molecule has 196 valence electrons. The number of carboxylic acids is 1. The lowest BCUT2D eigenvalue weighted by molar-refractivity contribution is -0.160. The molecule has 0 saturated heterocycles. The third-order valence-corrected chi connectivity index (χ3v) is 7.65. The first-order valence-corrected chi connectivity index (χ1v) is 13.3. The second-order valence-electron chi connectivity index (χ2n) is 11.6. The maximum Gasteiger partial charge on any atom is 0.337 e. The highest BCUT2D eigenvalue weighted by Gasteiger charge is 2.35. The van der Waals surface area contributed by atoms with Crippen LogP contribution in [0.25, 0.3) is 21.9 Å². The minimum absolute atomic E-state index is 0.604. The molecule has 1 atom stereocenters. The maximum absolute atomic E-state index is 12.7. The van der Waals surface area contributed by atoms with E-state index in [0.29, 0.717) is 0 Å². The van der Waals surface area contributed by atoms with E-state index in [4.69, 9.17) is 4.74 Å². The van der Waals surface area contributed by atoms with E-state index < -0.39 is 17.7 Å². The van der Waals surface area contributed by atoms with E-state index >= 15 is 0 Å². The second-order valence-corrected chi connectivity index (χ2v) is 11.6. The van der Waals surface area contributed by atoms with E-state index in [9.17, 15) is 9.90 Å². The van der Waals surface area contributed by atoms with Crippen LogP contribution in [0, 0.1) is 20.8 Å². The molecule has 4 heteroatoms. The number of hydrogen-bond acceptors (Lipinski definition) is 3. The smallest absolute Gasteiger partial charge is 0.337 e. The summed E-state index contributed by atoms with van der Waals surface area (Å²) in [4.78, 5) is 15.1. The molecule has 1 heterocycles. The average Bonchev–Trinajstić information content (AvgIpc) is 3.30. The molecule has 0 aromatic heterocycles. The molecule has 0 saturated carbocycles. The van der Waals surface area contributed by atoms with Crippen molar-refractivity contribution >= 4 is 16.7 Å². The summed E-state index contributed by atoms with van der Waals surface area (Å²) in [5.74, 6) is -0.957. The summed E-state index contributed by atoms with van der Waals surface area (Å²) in [6.07, 6.45) is -1.05. The van der Waals surface area contributed by atoms with Gasteiger partial charge in [0.05, 0.1) is 5.60 Å². The zero-order valence-electron chi connectivity index (χ0n) is 23.3. The first-order chi connectivity index (χ1) is 18.0. The van der Waals surface area contributed by atoms with Crippen molar-refractivity contribution in [3.8, 4) is 11.1 Å². The Bertz CT molecular complexity index is 1510. The number of aryl methyl sites for hydroxylation is 1. The third kappa shape index (κ3) is 4.99. The highest BCUT2D eigenvalue weighted by Crippen LogP contribution is 2.44. The molecule has 1 aliphatic heterocycles. The number of ether oxygens (including phenoxy) is 1. The van der Waals surface area contributed by atoms with Crippen molar-refractivity contribution in [3.63, 3.8) is 0 Å². The quantitative estimate of drug-likeness (QED) is 0.288. The summed E-state index contributed by atoms with van der Waals surface area (Å²) in [5.41, 5.74) is 9.39. The monoisotopic (exact) mass is 507 g/mol. The first kappa shape index (κ1) is 26.1. The van der Waals surface area contributed by atoms with Gasteiger partial charge in [-0.05, 0) is 91.3 Å². The van der Waals surface area contributed by atoms with E-state index in [1.165, 1.54) is 33.0 Å². The molecule has 1 aliphatic rings. The molecule has 5 rings (SSSR count). The number of benzene rings is 4. The minimum atomic E-state index is -1.05. The summed E-state index contributed by atoms with van der Waals surface area (Å²) in [7, 11) is 0. The first-order valence-electron chi connectivity index (χ1n) is 13.3. The summed E-state index contributed by atoms with van der Waals surface area (Å²) >= 11 is 0. The Morgan fingerprint density at radius 2 is 1.53 bits per heavy atom. The molecule has 1 unspecified atom stereocenters. The van der Waals surface area contributed by atoms with Crippen LogP contribution in [0.1, 0.15) is 65.8 Å². The number of carboxylic acid groups (broad SMARTS) is 1. The zero-order chi connectivity index (χ0) is 27.2. The van der Waals surface area contributed by atoms with Crippen LogP contribution >= 0.6 is 0 Å². The van der Waals surface area contributed by atoms with Crippen molar-refractivity contribution in [2.75, 3.05) is 0 Å². The van der Waals surface area contributed by atoms with Gasteiger partial charge in [-0.15, -0.1) is 0 Å². The lowest BCUT2D eigenvalue weighted by atomic mass is 9.83. The molecule has 0 aliphatic carbocycles. The fraction of sp³-hybridized carbons (Fsp3) is 0.324. The van der Waals surface area contributed by atoms with Crippen molar-refractivity contribution in [1.29, 1.82) is 0 Å². The number of hydrogen-bond donors (Lipinski definition) is 1. The number of carbonyl (C=O) groups is 1. The zero-order valence-corrected chi connectivity index (χ0v) is 23.3. The van der Waals surface area contributed by atoms with Crippen LogP contribution in [-0.2, 0) is 29.2 Å². The van der Waals surface area contributed by atoms with E-state index in [-0.39, 0.29) is 0 Å². The molecule has 0 bridgehead atoms. The van der Waals surface area contributed by atoms with Crippen molar-refractivity contribution < 1.29 is 14.6 Å². The summed E-state index contributed by atoms with van der Waals surface area (Å²) in [6, 6.07) is 23.4. The lowest BCUT2D eigenvalue weighted by Gasteiger charge is -2.30. The van der Waals surface area contributed by atoms with Gasteiger partial charge in [-0.3, -0.25) is 4.90 Å². The Balaban J connectivity index is 1.63. The van der Waals surface area contributed by atoms with E-state index in [2.05, 4.69) is 92.4 Å². The van der Waals surface area contributed by atoms with Crippen LogP contribution in [0.5, 0.6) is 0 Å². The topological polar surface area (TPSA) is 49.8 Å². The Hall–Kier alpha value is -3.47. The normalized spacial score (nSPS) is 14.6. The molecular weight excluding hydrogens is 470 g/mol. The molecular formula is C34H37NO3. The Kier molecular flexibility index (Phi) is 6.89. The van der Waals surface area contributed by atoms with Gasteiger partial charge in [0.2, 0.25) is 0 Å². The third-order valence-electron chi connectivity index (χ3n) is 7.65. The number of fused-ring (bicyclic) bond motifs is 2. The van der Waals surface area contributed by atoms with Crippen molar-refractivity contribution in [2.24, 2.45) is 0 Å². The van der Waals surface area contributed by atoms with Gasteiger partial charge in [-0.25, -0.2) is 4.79 Å². The molecule has 4 nitrogen and oxygen atoms in total. The molecule has 1 N–H and O–H groups in total. The predicted molar refractivity (Wildman–Crippen MR) is 154 cm³/mol. The SMILES string of the molecule is Cc1ccc(-c2c(C)c3c(c(C)c2C(OC(C)(C)C)C(=O)O)CN(Cc2cccc4ccccc24)C3)cc1. The molecule has 0 radical (unpaired) electrons. The van der Waals surface area contributed by atoms with Crippen LogP contribution in [0.3, 0.4) is 0 Å². The van der Waals surface area contributed by atoms with Gasteiger partial charge in [0.15, 0.2) is 6.10 Å². The Morgan fingerprint density at radius 1 is 0.895 bits per heavy atom. The average molecular weight is 508 g/mol. The van der Waals surface area contributed by atoms with Crippen LogP contribution in [-0.4, -0.2) is 21.6 Å². The molecule has 0 spiro atoms. The van der Waals surface area contributed by atoms with Crippen LogP contribution in [0.4, 0.5) is 0 Å². The molecule has 0 amide bonds. The van der Waals surface area contributed by atoms with E-state index in [1.54, 1.807) is 0 Å². The predicted octanol–water partition coefficient (Wildman–Crippen LogP) is 7.89. The van der Waals surface area contributed by atoms with Crippen LogP contribution in [0.2, 0.25) is 0 Å². The highest BCUT2D eigenvalue weighted by molar-refractivity contribution is 5.86. The standard InChI is InChI=1S/C34H37NO3/c1-21-14-16-25(17-15-21)30-22(2)28-19-35(18-26-12-9-11-24-10-7-8-13-27(24)26)20-29(28)23(3)31(30)32(33(36)37)38-34(4,5)6/h7-17,32H,18-20H2,1-6H3,(H,36,37). The fourth-order valence-corrected chi connectivity index (χ4v) is 5.88. The summed E-state index contributed by atoms with van der Waals surface area (Å²) in [6.45, 7) is 14.5. The van der Waals surface area contributed by atoms with Gasteiger partial charge in [0, 0.05) is 25.2 Å². The Morgan fingerprint density at radius 3 is 2.18 bits per heavy atom. The molecule has 38 heavy (non-hydrogen) atoms. The minimum Gasteiger partial charge on any atom is -0.479 e. The van der Waals surface area contributed by atoms with Crippen molar-refractivity contribution in [1.82, 2.24) is 4.90 Å². The van der Waals surface area contributed by atoms with Crippen LogP contribution < -0.4 is 0 Å². The van der Waals surface area contributed by atoms with E-state index in [0.717, 1.165) is 47.5 Å². The van der Waals surface area contributed by atoms with Gasteiger partial charge in [-0.1, -0.05) is 72.3 Å². The summed E-state index contributed by atoms with van der Waals surface area (Å²) in [5, 5.41) is 12.9. The number of nitrogens with zero attached hydrogens (tertiary/aromatic N) is 1. The van der Waals surface area contributed by atoms with E-state index in [1.807, 2.05) is 20.8 Å². The maximum atomic E-state index is 12.7. The van der Waals surface area contributed by atoms with Gasteiger partial charge in [-0.2, -0.15) is 0 Å². The van der Waals surface area contributed by atoms with Gasteiger partial charge in [0.1, 0.15) is 0 Å². The lowest BCUT2D eigenvalue weighted by Crippen LogP contribution is -2.28. The number of rotatable bonds is 6. The van der Waals surface area contributed by atoms with Gasteiger partial charge >= 0.3 is 5.97 Å². The highest BCUT2D eigenvalue weighted by atomic mass is 16.5.